The number of hydrogen-bond donors (Lipinski definition) is 1. The summed E-state index contributed by atoms with van der Waals surface area (Å²) < 4.78 is 18.3. The molecule has 0 aliphatic carbocycles. The van der Waals surface area contributed by atoms with Gasteiger partial charge in [-0.05, 0) is 47.4 Å². The average molecular weight is 356 g/mol. The lowest BCUT2D eigenvalue weighted by Gasteiger charge is -2.31. The Morgan fingerprint density at radius 2 is 1.88 bits per heavy atom. The number of carbonyl (C=O) groups excluding carboxylic acids is 2. The van der Waals surface area contributed by atoms with Gasteiger partial charge in [0.05, 0.1) is 13.2 Å². The quantitative estimate of drug-likeness (QED) is 0.677. The molecular formula is C19H17FN2O4. The van der Waals surface area contributed by atoms with Crippen LogP contribution in [0.5, 0.6) is 0 Å². The predicted molar refractivity (Wildman–Crippen MR) is 89.7 cm³/mol. The highest BCUT2D eigenvalue weighted by Crippen LogP contribution is 2.44. The highest BCUT2D eigenvalue weighted by atomic mass is 19.1. The molecule has 4 rings (SSSR count). The van der Waals surface area contributed by atoms with Crippen LogP contribution in [0.15, 0.2) is 42.5 Å². The Morgan fingerprint density at radius 1 is 1.19 bits per heavy atom. The molecule has 1 unspecified atom stereocenters. The van der Waals surface area contributed by atoms with E-state index in [0.717, 1.165) is 11.1 Å². The predicted octanol–water partition coefficient (Wildman–Crippen LogP) is 3.28. The van der Waals surface area contributed by atoms with Crippen molar-refractivity contribution in [2.75, 3.05) is 13.2 Å². The van der Waals surface area contributed by atoms with Crippen LogP contribution in [0, 0.1) is 5.82 Å². The Kier molecular flexibility index (Phi) is 3.88. The first-order valence-corrected chi connectivity index (χ1v) is 8.36. The monoisotopic (exact) mass is 356 g/mol. The standard InChI is InChI=1S/C19H17FN2O4/c1-2-26-18(23)17-14-8-5-12(11-3-6-13(20)7-4-11)9-15(14)16-10-21(17)19(24)22(16)25/h3-9,16-17,25H,2,10H2,1H3/t16-,17?/m1/s1. The molecule has 2 amide bonds. The van der Waals surface area contributed by atoms with Gasteiger partial charge in [-0.25, -0.2) is 14.0 Å². The summed E-state index contributed by atoms with van der Waals surface area (Å²) in [5, 5.41) is 10.8. The first-order chi connectivity index (χ1) is 12.5. The molecule has 0 radical (unpaired) electrons. The van der Waals surface area contributed by atoms with E-state index >= 15 is 0 Å². The van der Waals surface area contributed by atoms with E-state index < -0.39 is 24.1 Å². The Balaban J connectivity index is 1.82. The molecule has 7 heteroatoms. The lowest BCUT2D eigenvalue weighted by molar-refractivity contribution is -0.148. The number of nitrogens with zero attached hydrogens (tertiary/aromatic N) is 2. The molecule has 0 aromatic heterocycles. The van der Waals surface area contributed by atoms with Crippen LogP contribution in [0.25, 0.3) is 11.1 Å². The third kappa shape index (κ3) is 2.43. The molecular weight excluding hydrogens is 339 g/mol. The fourth-order valence-electron chi connectivity index (χ4n) is 3.63. The SMILES string of the molecule is CCOC(=O)C1c2ccc(-c3ccc(F)cc3)cc2[C@H]2CN1C(=O)N2O. The summed E-state index contributed by atoms with van der Waals surface area (Å²) in [6.07, 6.45) is 0. The Bertz CT molecular complexity index is 884. The number of fused-ring (bicyclic) bond motifs is 4. The smallest absolute Gasteiger partial charge is 0.345 e. The third-order valence-corrected chi connectivity index (χ3v) is 4.85. The van der Waals surface area contributed by atoms with Crippen molar-refractivity contribution < 1.29 is 23.9 Å². The van der Waals surface area contributed by atoms with Gasteiger partial charge in [0.15, 0.2) is 6.04 Å². The van der Waals surface area contributed by atoms with E-state index in [9.17, 15) is 19.2 Å². The van der Waals surface area contributed by atoms with Gasteiger partial charge in [0.25, 0.3) is 0 Å². The summed E-state index contributed by atoms with van der Waals surface area (Å²) in [6.45, 7) is 2.11. The molecule has 1 N–H and O–H groups in total. The zero-order valence-corrected chi connectivity index (χ0v) is 14.1. The van der Waals surface area contributed by atoms with E-state index in [1.165, 1.54) is 17.0 Å². The van der Waals surface area contributed by atoms with Crippen LogP contribution < -0.4 is 0 Å². The van der Waals surface area contributed by atoms with E-state index in [2.05, 4.69) is 0 Å². The highest BCUT2D eigenvalue weighted by Gasteiger charge is 2.50. The van der Waals surface area contributed by atoms with Crippen LogP contribution in [-0.2, 0) is 9.53 Å². The number of benzene rings is 2. The number of carbonyl (C=O) groups is 2. The third-order valence-electron chi connectivity index (χ3n) is 4.85. The molecule has 6 nitrogen and oxygen atoms in total. The minimum atomic E-state index is -0.881. The van der Waals surface area contributed by atoms with E-state index in [1.807, 2.05) is 12.1 Å². The van der Waals surface area contributed by atoms with E-state index in [0.29, 0.717) is 16.2 Å². The van der Waals surface area contributed by atoms with E-state index in [4.69, 9.17) is 4.74 Å². The van der Waals surface area contributed by atoms with Crippen LogP contribution in [0.4, 0.5) is 9.18 Å². The molecule has 26 heavy (non-hydrogen) atoms. The summed E-state index contributed by atoms with van der Waals surface area (Å²) in [6, 6.07) is 9.42. The fourth-order valence-corrected chi connectivity index (χ4v) is 3.63. The van der Waals surface area contributed by atoms with Gasteiger partial charge in [0.2, 0.25) is 0 Å². The maximum Gasteiger partial charge on any atom is 0.345 e. The molecule has 2 aliphatic heterocycles. The molecule has 2 aromatic rings. The van der Waals surface area contributed by atoms with Crippen molar-refractivity contribution in [1.29, 1.82) is 0 Å². The summed E-state index contributed by atoms with van der Waals surface area (Å²) in [4.78, 5) is 26.1. The highest BCUT2D eigenvalue weighted by molar-refractivity contribution is 5.88. The second-order valence-electron chi connectivity index (χ2n) is 6.30. The molecule has 0 spiro atoms. The summed E-state index contributed by atoms with van der Waals surface area (Å²) >= 11 is 0. The van der Waals surface area contributed by atoms with Gasteiger partial charge in [-0.3, -0.25) is 5.21 Å². The van der Waals surface area contributed by atoms with Crippen molar-refractivity contribution in [3.8, 4) is 11.1 Å². The van der Waals surface area contributed by atoms with Crippen molar-refractivity contribution >= 4 is 12.0 Å². The van der Waals surface area contributed by atoms with Crippen molar-refractivity contribution in [1.82, 2.24) is 9.96 Å². The summed E-state index contributed by atoms with van der Waals surface area (Å²) in [5.74, 6) is -0.849. The van der Waals surface area contributed by atoms with Crippen LogP contribution in [0.1, 0.15) is 30.1 Å². The normalized spacial score (nSPS) is 21.0. The maximum absolute atomic E-state index is 13.2. The lowest BCUT2D eigenvalue weighted by atomic mass is 9.88. The van der Waals surface area contributed by atoms with Gasteiger partial charge >= 0.3 is 12.0 Å². The summed E-state index contributed by atoms with van der Waals surface area (Å²) in [5.41, 5.74) is 2.94. The molecule has 1 saturated heterocycles. The lowest BCUT2D eigenvalue weighted by Crippen LogP contribution is -2.39. The summed E-state index contributed by atoms with van der Waals surface area (Å²) in [7, 11) is 0. The van der Waals surface area contributed by atoms with Crippen LogP contribution in [-0.4, -0.2) is 40.3 Å². The first-order valence-electron chi connectivity index (χ1n) is 8.36. The molecule has 134 valence electrons. The van der Waals surface area contributed by atoms with Gasteiger partial charge in [-0.1, -0.05) is 24.3 Å². The number of amides is 2. The van der Waals surface area contributed by atoms with Gasteiger partial charge in [-0.2, -0.15) is 5.06 Å². The van der Waals surface area contributed by atoms with Crippen LogP contribution in [0.2, 0.25) is 0 Å². The average Bonchev–Trinajstić information content (AvgIpc) is 2.89. The number of urea groups is 1. The van der Waals surface area contributed by atoms with Gasteiger partial charge in [0, 0.05) is 0 Å². The van der Waals surface area contributed by atoms with Gasteiger partial charge in [-0.15, -0.1) is 0 Å². The fraction of sp³-hybridized carbons (Fsp3) is 0.263. The van der Waals surface area contributed by atoms with Gasteiger partial charge in [0.1, 0.15) is 11.9 Å². The topological polar surface area (TPSA) is 70.1 Å². The number of hydrogen-bond acceptors (Lipinski definition) is 4. The molecule has 2 aliphatic rings. The number of esters is 1. The zero-order chi connectivity index (χ0) is 18.4. The number of rotatable bonds is 3. The number of ether oxygens (including phenoxy) is 1. The molecule has 2 heterocycles. The molecule has 1 fully saturated rings. The van der Waals surface area contributed by atoms with Crippen LogP contribution >= 0.6 is 0 Å². The molecule has 2 aromatic carbocycles. The molecule has 0 saturated carbocycles. The second kappa shape index (κ2) is 6.10. The number of hydroxylamine groups is 2. The largest absolute Gasteiger partial charge is 0.464 e. The van der Waals surface area contributed by atoms with Crippen molar-refractivity contribution in [3.05, 3.63) is 59.4 Å². The number of halogens is 1. The van der Waals surface area contributed by atoms with E-state index in [-0.39, 0.29) is 19.0 Å². The Morgan fingerprint density at radius 3 is 2.58 bits per heavy atom. The first kappa shape index (κ1) is 16.5. The Hall–Kier alpha value is -2.93. The van der Waals surface area contributed by atoms with Crippen LogP contribution in [0.3, 0.4) is 0 Å². The second-order valence-corrected chi connectivity index (χ2v) is 6.30. The molecule has 2 atom stereocenters. The van der Waals surface area contributed by atoms with Crippen molar-refractivity contribution in [2.45, 2.75) is 19.0 Å². The van der Waals surface area contributed by atoms with Gasteiger partial charge < -0.3 is 9.64 Å². The van der Waals surface area contributed by atoms with E-state index in [1.54, 1.807) is 25.1 Å². The minimum absolute atomic E-state index is 0.201. The Labute approximate surface area is 149 Å². The minimum Gasteiger partial charge on any atom is -0.464 e. The zero-order valence-electron chi connectivity index (χ0n) is 14.1. The maximum atomic E-state index is 13.2. The molecule has 2 bridgehead atoms. The van der Waals surface area contributed by atoms with Crippen molar-refractivity contribution in [3.63, 3.8) is 0 Å². The van der Waals surface area contributed by atoms with Crippen molar-refractivity contribution in [2.24, 2.45) is 0 Å².